The molecule has 0 N–H and O–H groups in total. The predicted octanol–water partition coefficient (Wildman–Crippen LogP) is 6.18. The summed E-state index contributed by atoms with van der Waals surface area (Å²) in [7, 11) is 0. The monoisotopic (exact) mass is 448 g/mol. The Morgan fingerprint density at radius 3 is 2.00 bits per heavy atom. The highest BCUT2D eigenvalue weighted by molar-refractivity contribution is 5.57. The number of carbonyl (C=O) groups is 1. The summed E-state index contributed by atoms with van der Waals surface area (Å²) in [6.45, 7) is -0.119. The summed E-state index contributed by atoms with van der Waals surface area (Å²) in [5, 5.41) is 0. The van der Waals surface area contributed by atoms with Gasteiger partial charge >= 0.3 is 12.4 Å². The lowest BCUT2D eigenvalue weighted by Crippen LogP contribution is -2.22. The van der Waals surface area contributed by atoms with Crippen molar-refractivity contribution < 1.29 is 40.3 Å². The van der Waals surface area contributed by atoms with Gasteiger partial charge in [-0.25, -0.2) is 4.39 Å². The Hall–Kier alpha value is -2.42. The third-order valence-electron chi connectivity index (χ3n) is 5.45. The van der Waals surface area contributed by atoms with E-state index in [0.29, 0.717) is 30.5 Å². The lowest BCUT2D eigenvalue weighted by molar-refractivity contribution is -0.143. The normalized spacial score (nSPS) is 22.0. The molecule has 0 spiro atoms. The molecule has 3 atom stereocenters. The molecule has 3 unspecified atom stereocenters. The standard InChI is InChI=1S/C22H19F7O2/c23-18-4-1-14(2-5-18)20-15(12-30)3-6-19(20)31-8-7-13-9-16(21(24,25)26)11-17(10-13)22(27,28)29/h1-2,4-5,9-12,15,19-20H,3,6-8H2. The van der Waals surface area contributed by atoms with Crippen LogP contribution in [0.4, 0.5) is 30.7 Å². The number of halogens is 7. The van der Waals surface area contributed by atoms with E-state index in [1.54, 1.807) is 12.1 Å². The van der Waals surface area contributed by atoms with Crippen LogP contribution < -0.4 is 0 Å². The van der Waals surface area contributed by atoms with Gasteiger partial charge in [-0.05, 0) is 60.7 Å². The lowest BCUT2D eigenvalue weighted by atomic mass is 9.88. The van der Waals surface area contributed by atoms with Crippen molar-refractivity contribution in [3.05, 3.63) is 70.5 Å². The van der Waals surface area contributed by atoms with Crippen LogP contribution in [0.1, 0.15) is 41.0 Å². The molecule has 1 aliphatic rings. The topological polar surface area (TPSA) is 26.3 Å². The van der Waals surface area contributed by atoms with Gasteiger partial charge in [0.15, 0.2) is 0 Å². The van der Waals surface area contributed by atoms with Crippen LogP contribution in [0.5, 0.6) is 0 Å². The Kier molecular flexibility index (Phi) is 6.73. The van der Waals surface area contributed by atoms with Crippen LogP contribution >= 0.6 is 0 Å². The van der Waals surface area contributed by atoms with Gasteiger partial charge in [-0.3, -0.25) is 0 Å². The summed E-state index contributed by atoms with van der Waals surface area (Å²) >= 11 is 0. The average Bonchev–Trinajstić information content (AvgIpc) is 3.10. The van der Waals surface area contributed by atoms with Crippen molar-refractivity contribution in [3.63, 3.8) is 0 Å². The molecule has 0 radical (unpaired) electrons. The molecule has 0 saturated heterocycles. The molecule has 2 aromatic carbocycles. The van der Waals surface area contributed by atoms with E-state index in [1.165, 1.54) is 12.1 Å². The van der Waals surface area contributed by atoms with Crippen molar-refractivity contribution in [3.8, 4) is 0 Å². The maximum absolute atomic E-state index is 13.2. The molecule has 1 fully saturated rings. The van der Waals surface area contributed by atoms with Gasteiger partial charge in [0.25, 0.3) is 0 Å². The molecule has 9 heteroatoms. The Morgan fingerprint density at radius 1 is 0.903 bits per heavy atom. The zero-order valence-electron chi connectivity index (χ0n) is 16.1. The van der Waals surface area contributed by atoms with E-state index in [0.717, 1.165) is 6.29 Å². The molecule has 168 valence electrons. The third kappa shape index (κ3) is 5.64. The first-order valence-corrected chi connectivity index (χ1v) is 9.60. The number of benzene rings is 2. The van der Waals surface area contributed by atoms with Crippen LogP contribution in [0, 0.1) is 11.7 Å². The molecule has 2 aromatic rings. The van der Waals surface area contributed by atoms with Gasteiger partial charge in [-0.2, -0.15) is 26.3 Å². The fourth-order valence-electron chi connectivity index (χ4n) is 3.97. The highest BCUT2D eigenvalue weighted by Crippen LogP contribution is 2.41. The van der Waals surface area contributed by atoms with E-state index in [-0.39, 0.29) is 36.5 Å². The van der Waals surface area contributed by atoms with E-state index in [1.807, 2.05) is 0 Å². The first kappa shape index (κ1) is 23.2. The maximum Gasteiger partial charge on any atom is 0.416 e. The molecular formula is C22H19F7O2. The SMILES string of the molecule is O=CC1CCC(OCCc2cc(C(F)(F)F)cc(C(F)(F)F)c2)C1c1ccc(F)cc1. The second-order valence-corrected chi connectivity index (χ2v) is 7.53. The van der Waals surface area contributed by atoms with Crippen molar-refractivity contribution in [1.82, 2.24) is 0 Å². The Balaban J connectivity index is 1.74. The lowest BCUT2D eigenvalue weighted by Gasteiger charge is -2.23. The van der Waals surface area contributed by atoms with Gasteiger partial charge in [0.1, 0.15) is 12.1 Å². The van der Waals surface area contributed by atoms with Gasteiger partial charge in [0.05, 0.1) is 23.8 Å². The highest BCUT2D eigenvalue weighted by atomic mass is 19.4. The third-order valence-corrected chi connectivity index (χ3v) is 5.45. The summed E-state index contributed by atoms with van der Waals surface area (Å²) < 4.78 is 97.0. The van der Waals surface area contributed by atoms with Crippen molar-refractivity contribution in [2.24, 2.45) is 5.92 Å². The van der Waals surface area contributed by atoms with E-state index < -0.39 is 35.4 Å². The van der Waals surface area contributed by atoms with Gasteiger partial charge < -0.3 is 9.53 Å². The van der Waals surface area contributed by atoms with E-state index in [2.05, 4.69) is 0 Å². The smallest absolute Gasteiger partial charge is 0.377 e. The Morgan fingerprint density at radius 2 is 1.48 bits per heavy atom. The average molecular weight is 448 g/mol. The molecule has 0 heterocycles. The number of rotatable bonds is 6. The first-order chi connectivity index (χ1) is 14.5. The van der Waals surface area contributed by atoms with Crippen LogP contribution in [0.3, 0.4) is 0 Å². The quantitative estimate of drug-likeness (QED) is 0.390. The fourth-order valence-corrected chi connectivity index (χ4v) is 3.97. The minimum Gasteiger partial charge on any atom is -0.377 e. The fraction of sp³-hybridized carbons (Fsp3) is 0.409. The Bertz CT molecular complexity index is 871. The van der Waals surface area contributed by atoms with Crippen LogP contribution in [-0.2, 0) is 28.3 Å². The predicted molar refractivity (Wildman–Crippen MR) is 97.8 cm³/mol. The number of ether oxygens (including phenoxy) is 1. The van der Waals surface area contributed by atoms with Gasteiger partial charge in [0.2, 0.25) is 0 Å². The van der Waals surface area contributed by atoms with Crippen LogP contribution in [0.25, 0.3) is 0 Å². The largest absolute Gasteiger partial charge is 0.416 e. The number of carbonyl (C=O) groups excluding carboxylic acids is 1. The molecule has 0 bridgehead atoms. The molecule has 1 saturated carbocycles. The Labute approximate surface area is 174 Å². The number of alkyl halides is 6. The van der Waals surface area contributed by atoms with Crippen molar-refractivity contribution in [2.75, 3.05) is 6.61 Å². The number of aldehydes is 1. The molecule has 0 aliphatic heterocycles. The summed E-state index contributed by atoms with van der Waals surface area (Å²) in [6.07, 6.45) is -8.61. The minimum atomic E-state index is -4.91. The van der Waals surface area contributed by atoms with E-state index in [9.17, 15) is 35.5 Å². The summed E-state index contributed by atoms with van der Waals surface area (Å²) in [4.78, 5) is 11.4. The molecule has 3 rings (SSSR count). The van der Waals surface area contributed by atoms with Crippen LogP contribution in [0.2, 0.25) is 0 Å². The van der Waals surface area contributed by atoms with Gasteiger partial charge in [-0.15, -0.1) is 0 Å². The number of hydrogen-bond acceptors (Lipinski definition) is 2. The van der Waals surface area contributed by atoms with Crippen molar-refractivity contribution in [2.45, 2.75) is 43.6 Å². The van der Waals surface area contributed by atoms with Crippen LogP contribution in [-0.4, -0.2) is 19.0 Å². The molecule has 2 nitrogen and oxygen atoms in total. The molecule has 31 heavy (non-hydrogen) atoms. The second kappa shape index (κ2) is 8.98. The van der Waals surface area contributed by atoms with Gasteiger partial charge in [0, 0.05) is 11.8 Å². The maximum atomic E-state index is 13.2. The zero-order chi connectivity index (χ0) is 22.8. The van der Waals surface area contributed by atoms with Crippen LogP contribution in [0.15, 0.2) is 42.5 Å². The molecule has 0 amide bonds. The molecular weight excluding hydrogens is 429 g/mol. The zero-order valence-corrected chi connectivity index (χ0v) is 16.1. The molecule has 0 aromatic heterocycles. The summed E-state index contributed by atoms with van der Waals surface area (Å²) in [5.74, 6) is -1.15. The van der Waals surface area contributed by atoms with Gasteiger partial charge in [-0.1, -0.05) is 12.1 Å². The minimum absolute atomic E-state index is 0.0839. The highest BCUT2D eigenvalue weighted by Gasteiger charge is 2.38. The van der Waals surface area contributed by atoms with Crippen molar-refractivity contribution in [1.29, 1.82) is 0 Å². The number of hydrogen-bond donors (Lipinski definition) is 0. The summed E-state index contributed by atoms with van der Waals surface area (Å²) in [6, 6.07) is 7.04. The van der Waals surface area contributed by atoms with Crippen molar-refractivity contribution >= 4 is 6.29 Å². The van der Waals surface area contributed by atoms with E-state index >= 15 is 0 Å². The second-order valence-electron chi connectivity index (χ2n) is 7.53. The molecule has 1 aliphatic carbocycles. The van der Waals surface area contributed by atoms with E-state index in [4.69, 9.17) is 4.74 Å². The first-order valence-electron chi connectivity index (χ1n) is 9.60. The summed E-state index contributed by atoms with van der Waals surface area (Å²) in [5.41, 5.74) is -2.20.